The Hall–Kier alpha value is -4.95. The normalized spacial score (nSPS) is 11.9. The summed E-state index contributed by atoms with van der Waals surface area (Å²) in [6, 6.07) is 6.48. The van der Waals surface area contributed by atoms with Crippen LogP contribution in [0.1, 0.15) is 28.0 Å². The van der Waals surface area contributed by atoms with E-state index in [9.17, 15) is 31.5 Å². The molecule has 0 aliphatic heterocycles. The number of aromatic amines is 1. The van der Waals surface area contributed by atoms with Gasteiger partial charge in [-0.05, 0) is 23.6 Å². The predicted molar refractivity (Wildman–Crippen MR) is 124 cm³/mol. The first kappa shape index (κ1) is 24.7. The van der Waals surface area contributed by atoms with Crippen molar-refractivity contribution in [1.82, 2.24) is 34.7 Å². The number of halogens is 5. The van der Waals surface area contributed by atoms with Gasteiger partial charge in [-0.2, -0.15) is 28.5 Å². The number of carbonyl (C=O) groups is 1. The third-order valence-electron chi connectivity index (χ3n) is 5.61. The topological polar surface area (TPSA) is 123 Å². The average Bonchev–Trinajstić information content (AvgIpc) is 3.52. The number of hydrogen-bond acceptors (Lipinski definition) is 6. The van der Waals surface area contributed by atoms with Gasteiger partial charge < -0.3 is 10.3 Å². The minimum absolute atomic E-state index is 0.0201. The summed E-state index contributed by atoms with van der Waals surface area (Å²) in [6.07, 6.45) is -3.32. The molecule has 4 heterocycles. The summed E-state index contributed by atoms with van der Waals surface area (Å²) in [5.74, 6) is -1.57. The number of pyridine rings is 2. The van der Waals surface area contributed by atoms with Crippen LogP contribution in [-0.2, 0) is 13.2 Å². The van der Waals surface area contributed by atoms with Crippen molar-refractivity contribution in [2.45, 2.75) is 12.6 Å². The Kier molecular flexibility index (Phi) is 5.97. The Bertz CT molecular complexity index is 1720. The monoisotopic (exact) mass is 530 g/mol. The molecule has 1 aromatic carbocycles. The van der Waals surface area contributed by atoms with Gasteiger partial charge in [-0.1, -0.05) is 12.1 Å². The quantitative estimate of drug-likeness (QED) is 0.330. The summed E-state index contributed by atoms with van der Waals surface area (Å²) in [5, 5.41) is 13.9. The first-order chi connectivity index (χ1) is 18.1. The minimum Gasteiger partial charge on any atom is -0.329 e. The molecule has 1 amide bonds. The largest absolute Gasteiger partial charge is 0.420 e. The van der Waals surface area contributed by atoms with Gasteiger partial charge in [0.1, 0.15) is 17.0 Å². The number of rotatable bonds is 5. The zero-order chi connectivity index (χ0) is 27.2. The van der Waals surface area contributed by atoms with E-state index >= 15 is 0 Å². The molecule has 194 valence electrons. The molecule has 0 bridgehead atoms. The maximum absolute atomic E-state index is 14.3. The number of anilines is 1. The second-order valence-electron chi connectivity index (χ2n) is 7.98. The molecule has 0 fully saturated rings. The lowest BCUT2D eigenvalue weighted by atomic mass is 9.99. The van der Waals surface area contributed by atoms with Crippen molar-refractivity contribution in [3.63, 3.8) is 0 Å². The summed E-state index contributed by atoms with van der Waals surface area (Å²) >= 11 is 0. The number of amides is 1. The highest BCUT2D eigenvalue weighted by atomic mass is 19.4. The number of H-pyrrole nitrogens is 1. The van der Waals surface area contributed by atoms with Crippen LogP contribution in [0.5, 0.6) is 0 Å². The van der Waals surface area contributed by atoms with E-state index in [4.69, 9.17) is 0 Å². The van der Waals surface area contributed by atoms with Crippen molar-refractivity contribution in [3.05, 3.63) is 82.3 Å². The number of hydrogen-bond donors (Lipinski definition) is 2. The fraction of sp³-hybridized carbons (Fsp3) is 0.130. The molecule has 0 saturated heterocycles. The third kappa shape index (κ3) is 4.27. The van der Waals surface area contributed by atoms with Gasteiger partial charge in [0.2, 0.25) is 0 Å². The van der Waals surface area contributed by atoms with E-state index < -0.39 is 46.6 Å². The average molecular weight is 530 g/mol. The molecule has 2 N–H and O–H groups in total. The Morgan fingerprint density at radius 3 is 2.53 bits per heavy atom. The van der Waals surface area contributed by atoms with Crippen LogP contribution < -0.4 is 10.9 Å². The Morgan fingerprint density at radius 1 is 1.11 bits per heavy atom. The minimum atomic E-state index is -5.04. The van der Waals surface area contributed by atoms with Crippen LogP contribution >= 0.6 is 0 Å². The molecule has 0 saturated carbocycles. The molecule has 0 unspecified atom stereocenters. The summed E-state index contributed by atoms with van der Waals surface area (Å²) in [4.78, 5) is 32.4. The van der Waals surface area contributed by atoms with Crippen LogP contribution in [0.4, 0.5) is 27.6 Å². The number of aryl methyl sites for hydroxylation is 1. The van der Waals surface area contributed by atoms with E-state index in [-0.39, 0.29) is 27.8 Å². The maximum atomic E-state index is 14.3. The van der Waals surface area contributed by atoms with Crippen LogP contribution in [0.3, 0.4) is 0 Å². The lowest BCUT2D eigenvalue weighted by Gasteiger charge is -2.13. The molecule has 15 heteroatoms. The lowest BCUT2D eigenvalue weighted by Crippen LogP contribution is -2.21. The van der Waals surface area contributed by atoms with Gasteiger partial charge in [-0.15, -0.1) is 4.80 Å². The molecule has 0 atom stereocenters. The maximum Gasteiger partial charge on any atom is 0.420 e. The SMILES string of the molecule is Cn1nc(-c2cccc3c(=O)[nH]ccc23)c(C(F)(F)F)c1C(=O)Nc1cnc(-n2nccn2)c(C(F)F)c1. The highest BCUT2D eigenvalue weighted by Crippen LogP contribution is 2.41. The van der Waals surface area contributed by atoms with Crippen molar-refractivity contribution in [1.29, 1.82) is 0 Å². The molecule has 0 aliphatic carbocycles. The molecule has 10 nitrogen and oxygen atoms in total. The van der Waals surface area contributed by atoms with E-state index in [1.807, 2.05) is 0 Å². The Labute approximate surface area is 208 Å². The van der Waals surface area contributed by atoms with Crippen LogP contribution in [0, 0.1) is 0 Å². The van der Waals surface area contributed by atoms with Crippen LogP contribution in [0.15, 0.2) is 59.9 Å². The van der Waals surface area contributed by atoms with Crippen LogP contribution in [0.25, 0.3) is 27.8 Å². The molecule has 38 heavy (non-hydrogen) atoms. The molecular formula is C23H15F5N8O2. The number of aromatic nitrogens is 7. The molecule has 0 aliphatic rings. The van der Waals surface area contributed by atoms with Gasteiger partial charge in [0.15, 0.2) is 5.82 Å². The predicted octanol–water partition coefficient (Wildman–Crippen LogP) is 4.11. The zero-order valence-corrected chi connectivity index (χ0v) is 19.2. The molecule has 5 rings (SSSR count). The molecular weight excluding hydrogens is 515 g/mol. The van der Waals surface area contributed by atoms with E-state index in [1.165, 1.54) is 42.9 Å². The Morgan fingerprint density at radius 2 is 1.84 bits per heavy atom. The van der Waals surface area contributed by atoms with Crippen molar-refractivity contribution in [3.8, 4) is 17.1 Å². The van der Waals surface area contributed by atoms with Crippen molar-refractivity contribution in [2.24, 2.45) is 7.05 Å². The second-order valence-corrected chi connectivity index (χ2v) is 7.98. The van der Waals surface area contributed by atoms with E-state index in [1.54, 1.807) is 0 Å². The first-order valence-electron chi connectivity index (χ1n) is 10.8. The fourth-order valence-electron chi connectivity index (χ4n) is 4.06. The van der Waals surface area contributed by atoms with Crippen molar-refractivity contribution in [2.75, 3.05) is 5.32 Å². The number of alkyl halides is 5. The van der Waals surface area contributed by atoms with Crippen molar-refractivity contribution >= 4 is 22.4 Å². The zero-order valence-electron chi connectivity index (χ0n) is 19.2. The van der Waals surface area contributed by atoms with Crippen LogP contribution in [-0.4, -0.2) is 40.6 Å². The molecule has 4 aromatic heterocycles. The number of carbonyl (C=O) groups excluding carboxylic acids is 1. The second kappa shape index (κ2) is 9.17. The van der Waals surface area contributed by atoms with Gasteiger partial charge in [0.25, 0.3) is 17.9 Å². The van der Waals surface area contributed by atoms with Gasteiger partial charge in [0.05, 0.1) is 29.8 Å². The van der Waals surface area contributed by atoms with E-state index in [2.05, 4.69) is 30.6 Å². The van der Waals surface area contributed by atoms with E-state index in [0.717, 1.165) is 28.8 Å². The number of nitrogens with zero attached hydrogens (tertiary/aromatic N) is 6. The molecule has 0 spiro atoms. The Balaban J connectivity index is 1.60. The van der Waals surface area contributed by atoms with Crippen molar-refractivity contribution < 1.29 is 26.7 Å². The number of nitrogens with one attached hydrogen (secondary N) is 2. The molecule has 5 aromatic rings. The summed E-state index contributed by atoms with van der Waals surface area (Å²) < 4.78 is 71.1. The summed E-state index contributed by atoms with van der Waals surface area (Å²) in [5.41, 5.74) is -4.27. The third-order valence-corrected chi connectivity index (χ3v) is 5.61. The standard InChI is InChI=1S/C23H15F5N8O2/c1-35-18(22(38)33-11-9-15(19(24)25)20(30-10-11)36-31-7-8-32-36)16(23(26,27)28)17(34-35)13-3-2-4-14-12(13)5-6-29-21(14)37/h2-10,19H,1H3,(H,29,37)(H,33,38). The fourth-order valence-corrected chi connectivity index (χ4v) is 4.06. The summed E-state index contributed by atoms with van der Waals surface area (Å²) in [6.45, 7) is 0. The highest BCUT2D eigenvalue weighted by Gasteiger charge is 2.42. The van der Waals surface area contributed by atoms with Gasteiger partial charge >= 0.3 is 6.18 Å². The number of fused-ring (bicyclic) bond motifs is 1. The van der Waals surface area contributed by atoms with E-state index in [0.29, 0.717) is 0 Å². The highest BCUT2D eigenvalue weighted by molar-refractivity contribution is 6.06. The smallest absolute Gasteiger partial charge is 0.329 e. The molecule has 0 radical (unpaired) electrons. The summed E-state index contributed by atoms with van der Waals surface area (Å²) in [7, 11) is 1.14. The van der Waals surface area contributed by atoms with Gasteiger partial charge in [0, 0.05) is 24.2 Å². The van der Waals surface area contributed by atoms with Crippen LogP contribution in [0.2, 0.25) is 0 Å². The lowest BCUT2D eigenvalue weighted by molar-refractivity contribution is -0.137. The first-order valence-corrected chi connectivity index (χ1v) is 10.8. The number of benzene rings is 1. The van der Waals surface area contributed by atoms with Gasteiger partial charge in [-0.3, -0.25) is 14.3 Å². The van der Waals surface area contributed by atoms with Gasteiger partial charge in [-0.25, -0.2) is 13.8 Å².